The van der Waals surface area contributed by atoms with Crippen LogP contribution in [0, 0.1) is 20.8 Å². The van der Waals surface area contributed by atoms with Crippen molar-refractivity contribution in [1.29, 1.82) is 0 Å². The number of pyridine rings is 1. The van der Waals surface area contributed by atoms with Crippen molar-refractivity contribution in [2.45, 2.75) is 40.4 Å². The molecule has 0 unspecified atom stereocenters. The summed E-state index contributed by atoms with van der Waals surface area (Å²) in [6.07, 6.45) is 1.90. The number of aromatic nitrogens is 1. The molecule has 0 aliphatic heterocycles. The van der Waals surface area contributed by atoms with Crippen molar-refractivity contribution < 1.29 is 13.4 Å². The van der Waals surface area contributed by atoms with Crippen LogP contribution in [0.5, 0.6) is 0 Å². The van der Waals surface area contributed by atoms with Crippen LogP contribution in [0.2, 0.25) is 19.6 Å². The topological polar surface area (TPSA) is 12.9 Å². The van der Waals surface area contributed by atoms with Gasteiger partial charge >= 0.3 is 33.5 Å². The van der Waals surface area contributed by atoms with Gasteiger partial charge in [0.15, 0.2) is 0 Å². The molecule has 3 aromatic rings. The van der Waals surface area contributed by atoms with Crippen molar-refractivity contribution >= 4 is 44.3 Å². The number of para-hydroxylation sites is 1. The molecule has 0 saturated heterocycles. The fourth-order valence-electron chi connectivity index (χ4n) is 3.61. The molecule has 0 aliphatic carbocycles. The Kier molecular flexibility index (Phi) is 6.87. The summed E-state index contributed by atoms with van der Waals surface area (Å²) >= 11 is -0.181. The fraction of sp³-hybridized carbons (Fsp3) is 0.300. The molecule has 133 valence electrons. The maximum absolute atomic E-state index is 4.83. The predicted molar refractivity (Wildman–Crippen MR) is 112 cm³/mol. The third-order valence-electron chi connectivity index (χ3n) is 4.78. The van der Waals surface area contributed by atoms with Gasteiger partial charge in [-0.25, -0.2) is 0 Å². The molecule has 0 fully saturated rings. The van der Waals surface area contributed by atoms with E-state index in [1.54, 1.807) is 5.19 Å². The molecule has 5 heteroatoms. The number of rotatable bonds is 2. The van der Waals surface area contributed by atoms with Gasteiger partial charge in [-0.05, 0) is 11.5 Å². The van der Waals surface area contributed by atoms with E-state index in [1.807, 2.05) is 12.3 Å². The van der Waals surface area contributed by atoms with Crippen LogP contribution < -0.4 is 5.19 Å². The average molecular weight is 429 g/mol. The van der Waals surface area contributed by atoms with Crippen LogP contribution in [-0.2, 0) is 13.4 Å². The summed E-state index contributed by atoms with van der Waals surface area (Å²) in [5.41, 5.74) is 8.22. The zero-order valence-electron chi connectivity index (χ0n) is 15.6. The molecule has 0 aliphatic rings. The molecule has 0 saturated carbocycles. The van der Waals surface area contributed by atoms with E-state index in [0.717, 1.165) is 5.52 Å². The van der Waals surface area contributed by atoms with E-state index in [9.17, 15) is 0 Å². The molecule has 0 radical (unpaired) electrons. The molecule has 0 atom stereocenters. The number of benzene rings is 1. The summed E-state index contributed by atoms with van der Waals surface area (Å²) in [6.45, 7) is 14.1. The molecule has 0 N–H and O–H groups in total. The molecule has 0 bridgehead atoms. The first-order chi connectivity index (χ1) is 11.7. The van der Waals surface area contributed by atoms with Crippen LogP contribution in [0.25, 0.3) is 22.0 Å². The number of hydrogen-bond donors (Lipinski definition) is 0. The van der Waals surface area contributed by atoms with Gasteiger partial charge in [-0.1, -0.05) is 69.7 Å². The molecular weight excluding hydrogens is 405 g/mol. The van der Waals surface area contributed by atoms with E-state index >= 15 is 0 Å². The van der Waals surface area contributed by atoms with E-state index in [1.165, 1.54) is 33.2 Å². The second kappa shape index (κ2) is 8.33. The molecule has 0 amide bonds. The standard InChI is InChI=1S/C20H24NSi.2ClH.Cr/c1-13-14(2)18(20(15(13)3)22(4,5)6)17-11-7-9-16-10-8-12-21-19(16)17;;;/h7-12H,1-6H3;2*1H;/q-1;;;+3/p-2. The Morgan fingerprint density at radius 3 is 2.16 bits per heavy atom. The Morgan fingerprint density at radius 2 is 1.56 bits per heavy atom. The number of hydrogen-bond acceptors (Lipinski definition) is 1. The first-order valence-corrected chi connectivity index (χ1v) is 15.2. The first-order valence-electron chi connectivity index (χ1n) is 8.24. The van der Waals surface area contributed by atoms with Crippen LogP contribution in [0.3, 0.4) is 0 Å². The number of fused-ring (bicyclic) bond motifs is 1. The Bertz CT molecular complexity index is 876. The number of halogens is 2. The van der Waals surface area contributed by atoms with E-state index in [-0.39, 0.29) is 13.4 Å². The van der Waals surface area contributed by atoms with E-state index < -0.39 is 8.07 Å². The van der Waals surface area contributed by atoms with E-state index in [0.29, 0.717) is 0 Å². The van der Waals surface area contributed by atoms with Gasteiger partial charge in [0.1, 0.15) is 0 Å². The Labute approximate surface area is 166 Å². The Balaban J connectivity index is 0.000000701. The maximum atomic E-state index is 4.83. The van der Waals surface area contributed by atoms with Crippen molar-refractivity contribution in [3.8, 4) is 11.1 Å². The van der Waals surface area contributed by atoms with Crippen molar-refractivity contribution in [2.75, 3.05) is 0 Å². The van der Waals surface area contributed by atoms with E-state index in [2.05, 4.69) is 69.7 Å². The Hall–Kier alpha value is -0.691. The molecule has 25 heavy (non-hydrogen) atoms. The van der Waals surface area contributed by atoms with Gasteiger partial charge in [0.2, 0.25) is 0 Å². The second-order valence-corrected chi connectivity index (χ2v) is 14.4. The fourth-order valence-corrected chi connectivity index (χ4v) is 6.00. The monoisotopic (exact) mass is 428 g/mol. The van der Waals surface area contributed by atoms with Crippen molar-refractivity contribution in [3.63, 3.8) is 0 Å². The Morgan fingerprint density at radius 1 is 0.960 bits per heavy atom. The van der Waals surface area contributed by atoms with E-state index in [4.69, 9.17) is 20.1 Å². The summed E-state index contributed by atoms with van der Waals surface area (Å²) < 4.78 is 0. The SMILES string of the molecule is Cc1c(C)c([Si](C)(C)C)[c-](-c2cccc3cccnc23)c1C.[Cl][Cr+][Cl]. The molecule has 1 heterocycles. The molecule has 2 aromatic carbocycles. The molecular formula is C20H24Cl2CrNSi. The van der Waals surface area contributed by atoms with Gasteiger partial charge in [-0.15, -0.1) is 27.9 Å². The third kappa shape index (κ3) is 4.18. The molecule has 1 nitrogen and oxygen atoms in total. The molecule has 3 rings (SSSR count). The third-order valence-corrected chi connectivity index (χ3v) is 6.90. The first kappa shape index (κ1) is 20.6. The van der Waals surface area contributed by atoms with Crippen LogP contribution in [-0.4, -0.2) is 13.1 Å². The number of nitrogens with zero attached hydrogens (tertiary/aromatic N) is 1. The summed E-state index contributed by atoms with van der Waals surface area (Å²) in [7, 11) is 8.22. The van der Waals surface area contributed by atoms with Crippen molar-refractivity contribution in [3.05, 3.63) is 53.2 Å². The summed E-state index contributed by atoms with van der Waals surface area (Å²) in [5, 5.41) is 2.82. The predicted octanol–water partition coefficient (Wildman–Crippen LogP) is 6.47. The second-order valence-electron chi connectivity index (χ2n) is 7.31. The summed E-state index contributed by atoms with van der Waals surface area (Å²) in [6, 6.07) is 10.7. The molecule has 0 spiro atoms. The van der Waals surface area contributed by atoms with Crippen molar-refractivity contribution in [1.82, 2.24) is 4.98 Å². The normalized spacial score (nSPS) is 11.2. The van der Waals surface area contributed by atoms with Gasteiger partial charge in [0.05, 0.1) is 8.07 Å². The molecule has 1 aromatic heterocycles. The van der Waals surface area contributed by atoms with Crippen molar-refractivity contribution in [2.24, 2.45) is 0 Å². The zero-order chi connectivity index (χ0) is 18.8. The van der Waals surface area contributed by atoms with Crippen LogP contribution in [0.4, 0.5) is 0 Å². The van der Waals surface area contributed by atoms with Gasteiger partial charge in [-0.2, -0.15) is 0 Å². The minimum atomic E-state index is -1.43. The van der Waals surface area contributed by atoms with Crippen LogP contribution >= 0.6 is 20.1 Å². The van der Waals surface area contributed by atoms with Crippen LogP contribution in [0.15, 0.2) is 36.5 Å². The van der Waals surface area contributed by atoms with Gasteiger partial charge in [0.25, 0.3) is 0 Å². The average Bonchev–Trinajstić information content (AvgIpc) is 2.79. The summed E-state index contributed by atoms with van der Waals surface area (Å²) in [5.74, 6) is 0. The van der Waals surface area contributed by atoms with Gasteiger partial charge in [0, 0.05) is 11.7 Å². The zero-order valence-corrected chi connectivity index (χ0v) is 19.4. The summed E-state index contributed by atoms with van der Waals surface area (Å²) in [4.78, 5) is 4.68. The van der Waals surface area contributed by atoms with Gasteiger partial charge < -0.3 is 0 Å². The minimum absolute atomic E-state index is 0.181. The van der Waals surface area contributed by atoms with Crippen LogP contribution in [0.1, 0.15) is 16.7 Å². The quantitative estimate of drug-likeness (QED) is 0.336. The van der Waals surface area contributed by atoms with Gasteiger partial charge in [-0.3, -0.25) is 4.98 Å².